The minimum Gasteiger partial charge on any atom is -0.478 e. The number of nitrogens with one attached hydrogen (secondary N) is 1. The van der Waals surface area contributed by atoms with E-state index in [1.165, 1.54) is 12.1 Å². The molecule has 7 nitrogen and oxygen atoms in total. The summed E-state index contributed by atoms with van der Waals surface area (Å²) in [6.45, 7) is 7.31. The molecule has 0 radical (unpaired) electrons. The normalized spacial score (nSPS) is 12.6. The van der Waals surface area contributed by atoms with Crippen LogP contribution >= 0.6 is 23.2 Å². The van der Waals surface area contributed by atoms with Crippen LogP contribution in [0.15, 0.2) is 53.3 Å². The number of benzene rings is 2. The summed E-state index contributed by atoms with van der Waals surface area (Å²) in [5, 5.41) is 3.81. The molecule has 3 N–H and O–H groups in total. The highest BCUT2D eigenvalue weighted by Gasteiger charge is 2.24. The second kappa shape index (κ2) is 11.4. The number of ether oxygens (including phenoxy) is 1. The number of rotatable bonds is 9. The molecule has 0 saturated carbocycles. The molecule has 0 saturated heterocycles. The van der Waals surface area contributed by atoms with Crippen molar-refractivity contribution in [1.29, 1.82) is 0 Å². The molecule has 0 spiro atoms. The largest absolute Gasteiger partial charge is 0.478 e. The molecule has 0 aliphatic carbocycles. The Kier molecular flexibility index (Phi) is 8.39. The standard InChI is InChI=1S/C29H31Cl2FN4O3/c1-16(23-21(30)10-11-22(32)24(23)31)39-26-25-19(12-34-27(26)33)20(13-38-25)17-6-8-18(9-7-17)28(37)35-14-29(2,3)15-36(4)5/h6-13,16H,14-15H2,1-5H3,(H2,33,34)(H,35,37). The van der Waals surface area contributed by atoms with Crippen molar-refractivity contribution >= 4 is 45.9 Å². The zero-order valence-corrected chi connectivity index (χ0v) is 24.0. The maximum Gasteiger partial charge on any atom is 0.251 e. The molecule has 1 atom stereocenters. The van der Waals surface area contributed by atoms with Gasteiger partial charge in [-0.15, -0.1) is 0 Å². The smallest absolute Gasteiger partial charge is 0.251 e. The molecule has 4 aromatic rings. The molecule has 39 heavy (non-hydrogen) atoms. The summed E-state index contributed by atoms with van der Waals surface area (Å²) in [5.41, 5.74) is 8.84. The molecule has 0 aliphatic heterocycles. The summed E-state index contributed by atoms with van der Waals surface area (Å²) in [4.78, 5) is 19.1. The van der Waals surface area contributed by atoms with E-state index in [1.807, 2.05) is 26.2 Å². The Balaban J connectivity index is 1.57. The van der Waals surface area contributed by atoms with E-state index >= 15 is 0 Å². The van der Waals surface area contributed by atoms with Crippen LogP contribution in [0.3, 0.4) is 0 Å². The first kappa shape index (κ1) is 28.7. The second-order valence-corrected chi connectivity index (χ2v) is 11.3. The molecule has 2 aromatic carbocycles. The first-order valence-corrected chi connectivity index (χ1v) is 13.1. The molecule has 1 amide bonds. The van der Waals surface area contributed by atoms with E-state index in [9.17, 15) is 9.18 Å². The fourth-order valence-electron chi connectivity index (χ4n) is 4.60. The van der Waals surface area contributed by atoms with Gasteiger partial charge in [0, 0.05) is 41.0 Å². The van der Waals surface area contributed by atoms with E-state index in [0.29, 0.717) is 28.6 Å². The number of amides is 1. The number of fused-ring (bicyclic) bond motifs is 1. The van der Waals surface area contributed by atoms with E-state index < -0.39 is 11.9 Å². The highest BCUT2D eigenvalue weighted by Crippen LogP contribution is 2.41. The van der Waals surface area contributed by atoms with E-state index in [1.54, 1.807) is 31.5 Å². The Morgan fingerprint density at radius 3 is 2.56 bits per heavy atom. The van der Waals surface area contributed by atoms with Crippen molar-refractivity contribution in [1.82, 2.24) is 15.2 Å². The number of carbonyl (C=O) groups excluding carboxylic acids is 1. The van der Waals surface area contributed by atoms with Gasteiger partial charge in [0.15, 0.2) is 11.4 Å². The number of hydrogen-bond donors (Lipinski definition) is 2. The molecule has 206 valence electrons. The molecule has 0 bridgehead atoms. The third-order valence-electron chi connectivity index (χ3n) is 6.31. The number of aromatic nitrogens is 1. The summed E-state index contributed by atoms with van der Waals surface area (Å²) < 4.78 is 26.0. The fraction of sp³-hybridized carbons (Fsp3) is 0.310. The number of nitrogen functional groups attached to an aromatic ring is 1. The van der Waals surface area contributed by atoms with Gasteiger partial charge >= 0.3 is 0 Å². The van der Waals surface area contributed by atoms with E-state index in [-0.39, 0.29) is 32.9 Å². The lowest BCUT2D eigenvalue weighted by Crippen LogP contribution is -2.39. The van der Waals surface area contributed by atoms with Crippen molar-refractivity contribution in [3.8, 4) is 16.9 Å². The van der Waals surface area contributed by atoms with Crippen LogP contribution in [0.1, 0.15) is 42.8 Å². The molecular weight excluding hydrogens is 542 g/mol. The van der Waals surface area contributed by atoms with Gasteiger partial charge in [-0.3, -0.25) is 4.79 Å². The third-order valence-corrected chi connectivity index (χ3v) is 7.03. The van der Waals surface area contributed by atoms with Crippen LogP contribution in [-0.2, 0) is 0 Å². The zero-order valence-electron chi connectivity index (χ0n) is 22.4. The van der Waals surface area contributed by atoms with Gasteiger partial charge in [0.25, 0.3) is 5.91 Å². The van der Waals surface area contributed by atoms with E-state index in [2.05, 4.69) is 29.0 Å². The van der Waals surface area contributed by atoms with Crippen molar-refractivity contribution in [2.24, 2.45) is 5.41 Å². The number of pyridine rings is 1. The van der Waals surface area contributed by atoms with Gasteiger partial charge in [-0.1, -0.05) is 49.2 Å². The van der Waals surface area contributed by atoms with Crippen molar-refractivity contribution in [3.05, 3.63) is 75.8 Å². The second-order valence-electron chi connectivity index (χ2n) is 10.5. The van der Waals surface area contributed by atoms with E-state index in [4.69, 9.17) is 38.1 Å². The highest BCUT2D eigenvalue weighted by molar-refractivity contribution is 6.36. The summed E-state index contributed by atoms with van der Waals surface area (Å²) in [6, 6.07) is 9.82. The summed E-state index contributed by atoms with van der Waals surface area (Å²) >= 11 is 12.4. The van der Waals surface area contributed by atoms with E-state index in [0.717, 1.165) is 17.7 Å². The third kappa shape index (κ3) is 6.30. The Labute approximate surface area is 237 Å². The first-order chi connectivity index (χ1) is 18.4. The lowest BCUT2D eigenvalue weighted by molar-refractivity contribution is 0.0929. The molecule has 2 aromatic heterocycles. The lowest BCUT2D eigenvalue weighted by Gasteiger charge is -2.28. The molecular formula is C29H31Cl2FN4O3. The van der Waals surface area contributed by atoms with Gasteiger partial charge in [0.2, 0.25) is 5.75 Å². The molecule has 0 fully saturated rings. The minimum absolute atomic E-state index is 0.0632. The SMILES string of the molecule is CC(Oc1c(N)ncc2c(-c3ccc(C(=O)NCC(C)(C)CN(C)C)cc3)coc12)c1c(Cl)ccc(F)c1Cl. The number of halogens is 3. The molecule has 0 aliphatic rings. The summed E-state index contributed by atoms with van der Waals surface area (Å²) in [7, 11) is 4.02. The van der Waals surface area contributed by atoms with Crippen molar-refractivity contribution in [3.63, 3.8) is 0 Å². The van der Waals surface area contributed by atoms with Gasteiger partial charge in [-0.25, -0.2) is 9.37 Å². The lowest BCUT2D eigenvalue weighted by atomic mass is 9.93. The Morgan fingerprint density at radius 1 is 1.21 bits per heavy atom. The predicted molar refractivity (Wildman–Crippen MR) is 154 cm³/mol. The Bertz CT molecular complexity index is 1500. The molecule has 4 rings (SSSR count). The number of anilines is 1. The van der Waals surface area contributed by atoms with Crippen LogP contribution < -0.4 is 15.8 Å². The summed E-state index contributed by atoms with van der Waals surface area (Å²) in [6.07, 6.45) is 2.42. The monoisotopic (exact) mass is 572 g/mol. The average Bonchev–Trinajstić information content (AvgIpc) is 3.30. The number of furan rings is 1. The number of hydrogen-bond acceptors (Lipinski definition) is 6. The predicted octanol–water partition coefficient (Wildman–Crippen LogP) is 6.98. The van der Waals surface area contributed by atoms with Crippen LogP contribution in [0.4, 0.5) is 10.2 Å². The van der Waals surface area contributed by atoms with Gasteiger partial charge in [0.05, 0.1) is 16.7 Å². The van der Waals surface area contributed by atoms with Crippen LogP contribution in [0.2, 0.25) is 10.0 Å². The molecule has 2 heterocycles. The van der Waals surface area contributed by atoms with Crippen LogP contribution in [0.5, 0.6) is 5.75 Å². The first-order valence-electron chi connectivity index (χ1n) is 12.4. The summed E-state index contributed by atoms with van der Waals surface area (Å²) in [5.74, 6) is -0.452. The highest BCUT2D eigenvalue weighted by atomic mass is 35.5. The number of carbonyl (C=O) groups is 1. The molecule has 10 heteroatoms. The van der Waals surface area contributed by atoms with Gasteiger partial charge < -0.3 is 25.1 Å². The van der Waals surface area contributed by atoms with Gasteiger partial charge in [-0.05, 0) is 56.3 Å². The minimum atomic E-state index is -0.746. The average molecular weight is 573 g/mol. The van der Waals surface area contributed by atoms with Crippen LogP contribution in [0, 0.1) is 11.2 Å². The van der Waals surface area contributed by atoms with Crippen molar-refractivity contribution in [2.75, 3.05) is 32.9 Å². The molecule has 1 unspecified atom stereocenters. The van der Waals surface area contributed by atoms with Gasteiger partial charge in [-0.2, -0.15) is 0 Å². The maximum absolute atomic E-state index is 14.1. The van der Waals surface area contributed by atoms with Crippen molar-refractivity contribution < 1.29 is 18.3 Å². The topological polar surface area (TPSA) is 93.6 Å². The Hall–Kier alpha value is -3.33. The Morgan fingerprint density at radius 2 is 1.90 bits per heavy atom. The van der Waals surface area contributed by atoms with Crippen LogP contribution in [-0.4, -0.2) is 43.0 Å². The maximum atomic E-state index is 14.1. The quantitative estimate of drug-likeness (QED) is 0.210. The van der Waals surface area contributed by atoms with Gasteiger partial charge in [0.1, 0.15) is 11.9 Å². The number of nitrogens with zero attached hydrogens (tertiary/aromatic N) is 2. The van der Waals surface area contributed by atoms with Crippen molar-refractivity contribution in [2.45, 2.75) is 26.9 Å². The van der Waals surface area contributed by atoms with Crippen LogP contribution in [0.25, 0.3) is 22.1 Å². The number of nitrogens with two attached hydrogens (primary N) is 1. The fourth-order valence-corrected chi connectivity index (χ4v) is 5.28. The zero-order chi connectivity index (χ0) is 28.5.